The maximum Gasteiger partial charge on any atom is 0.223 e. The van der Waals surface area contributed by atoms with E-state index in [1.54, 1.807) is 0 Å². The number of carbonyl (C=O) groups excluding carboxylic acids is 2. The smallest absolute Gasteiger partial charge is 0.223 e. The lowest BCUT2D eigenvalue weighted by Crippen LogP contribution is -2.40. The molecule has 0 atom stereocenters. The summed E-state index contributed by atoms with van der Waals surface area (Å²) in [4.78, 5) is 23.7. The number of nitrogens with one attached hydrogen (secondary N) is 2. The Morgan fingerprint density at radius 3 is 1.27 bits per heavy atom. The lowest BCUT2D eigenvalue weighted by Gasteiger charge is -2.31. The second-order valence-corrected chi connectivity index (χ2v) is 7.63. The first-order valence-corrected chi connectivity index (χ1v) is 9.28. The van der Waals surface area contributed by atoms with E-state index < -0.39 is 0 Å². The molecule has 3 rings (SSSR count). The van der Waals surface area contributed by atoms with Gasteiger partial charge in [0.05, 0.1) is 0 Å². The topological polar surface area (TPSA) is 58.2 Å². The average molecular weight is 306 g/mol. The van der Waals surface area contributed by atoms with Crippen LogP contribution in [-0.4, -0.2) is 24.9 Å². The molecule has 0 spiro atoms. The quantitative estimate of drug-likeness (QED) is 0.792. The van der Waals surface area contributed by atoms with Crippen molar-refractivity contribution in [1.29, 1.82) is 0 Å². The van der Waals surface area contributed by atoms with Crippen LogP contribution in [0.4, 0.5) is 0 Å². The van der Waals surface area contributed by atoms with Crippen LogP contribution in [0.5, 0.6) is 0 Å². The second-order valence-electron chi connectivity index (χ2n) is 7.63. The van der Waals surface area contributed by atoms with Crippen LogP contribution in [0.15, 0.2) is 0 Å². The summed E-state index contributed by atoms with van der Waals surface area (Å²) < 4.78 is 0. The van der Waals surface area contributed by atoms with Gasteiger partial charge in [-0.3, -0.25) is 9.59 Å². The monoisotopic (exact) mass is 306 g/mol. The molecule has 0 aromatic rings. The molecule has 0 radical (unpaired) electrons. The van der Waals surface area contributed by atoms with Crippen LogP contribution < -0.4 is 10.6 Å². The van der Waals surface area contributed by atoms with E-state index in [2.05, 4.69) is 10.6 Å². The molecule has 0 saturated heterocycles. The minimum absolute atomic E-state index is 0.279. The Labute approximate surface area is 133 Å². The molecule has 4 heteroatoms. The zero-order chi connectivity index (χ0) is 15.4. The maximum absolute atomic E-state index is 11.8. The second kappa shape index (κ2) is 7.47. The predicted molar refractivity (Wildman–Crippen MR) is 86.1 cm³/mol. The van der Waals surface area contributed by atoms with Crippen LogP contribution in [0.3, 0.4) is 0 Å². The van der Waals surface area contributed by atoms with Gasteiger partial charge in [-0.25, -0.2) is 0 Å². The van der Waals surface area contributed by atoms with Gasteiger partial charge in [0.15, 0.2) is 0 Å². The predicted octanol–water partition coefficient (Wildman–Crippen LogP) is 2.63. The van der Waals surface area contributed by atoms with Gasteiger partial charge in [-0.05, 0) is 63.2 Å². The van der Waals surface area contributed by atoms with Crippen LogP contribution in [-0.2, 0) is 9.59 Å². The van der Waals surface area contributed by atoms with Crippen LogP contribution >= 0.6 is 0 Å². The summed E-state index contributed by atoms with van der Waals surface area (Å²) in [5.41, 5.74) is 0. The summed E-state index contributed by atoms with van der Waals surface area (Å²) in [6.07, 6.45) is 11.5. The highest BCUT2D eigenvalue weighted by molar-refractivity contribution is 5.79. The van der Waals surface area contributed by atoms with Crippen molar-refractivity contribution >= 4 is 11.8 Å². The van der Waals surface area contributed by atoms with Crippen LogP contribution in [0.25, 0.3) is 0 Å². The average Bonchev–Trinajstić information content (AvgIpc) is 2.40. The minimum Gasteiger partial charge on any atom is -0.356 e. The molecule has 3 fully saturated rings. The fourth-order valence-electron chi connectivity index (χ4n) is 3.76. The van der Waals surface area contributed by atoms with Crippen molar-refractivity contribution in [3.8, 4) is 0 Å². The lowest BCUT2D eigenvalue weighted by molar-refractivity contribution is -0.128. The van der Waals surface area contributed by atoms with Crippen LogP contribution in [0.2, 0.25) is 0 Å². The van der Waals surface area contributed by atoms with Gasteiger partial charge in [0.1, 0.15) is 0 Å². The molecule has 2 amide bonds. The standard InChI is InChI=1S/C18H30N2O2/c21-17(15-3-1-4-15)19-11-13-7-9-14(10-8-13)12-20-18(22)16-5-2-6-16/h13-16H,1-12H2,(H,19,21)(H,20,22). The first kappa shape index (κ1) is 15.8. The Balaban J connectivity index is 1.27. The molecule has 0 heterocycles. The number of rotatable bonds is 6. The molecule has 0 aromatic heterocycles. The van der Waals surface area contributed by atoms with Crippen molar-refractivity contribution in [2.75, 3.05) is 13.1 Å². The van der Waals surface area contributed by atoms with Gasteiger partial charge < -0.3 is 10.6 Å². The summed E-state index contributed by atoms with van der Waals surface area (Å²) in [6, 6.07) is 0. The SMILES string of the molecule is O=C(NCC1CCC(CNC(=O)C2CCC2)CC1)C1CCC1. The van der Waals surface area contributed by atoms with Gasteiger partial charge in [-0.2, -0.15) is 0 Å². The van der Waals surface area contributed by atoms with E-state index in [1.807, 2.05) is 0 Å². The van der Waals surface area contributed by atoms with Crippen LogP contribution in [0.1, 0.15) is 64.2 Å². The molecule has 4 nitrogen and oxygen atoms in total. The highest BCUT2D eigenvalue weighted by Crippen LogP contribution is 2.30. The molecule has 0 aromatic carbocycles. The van der Waals surface area contributed by atoms with Crippen molar-refractivity contribution in [3.05, 3.63) is 0 Å². The molecule has 3 saturated carbocycles. The minimum atomic E-state index is 0.279. The van der Waals surface area contributed by atoms with Gasteiger partial charge in [-0.15, -0.1) is 0 Å². The van der Waals surface area contributed by atoms with Crippen molar-refractivity contribution in [2.24, 2.45) is 23.7 Å². The molecule has 0 bridgehead atoms. The molecular weight excluding hydrogens is 276 g/mol. The third kappa shape index (κ3) is 4.02. The Hall–Kier alpha value is -1.06. The number of carbonyl (C=O) groups is 2. The van der Waals surface area contributed by atoms with Crippen molar-refractivity contribution in [2.45, 2.75) is 64.2 Å². The largest absolute Gasteiger partial charge is 0.356 e. The molecule has 3 aliphatic rings. The molecule has 22 heavy (non-hydrogen) atoms. The Morgan fingerprint density at radius 2 is 1.00 bits per heavy atom. The Morgan fingerprint density at radius 1 is 0.636 bits per heavy atom. The lowest BCUT2D eigenvalue weighted by atomic mass is 9.81. The molecule has 0 unspecified atom stereocenters. The zero-order valence-electron chi connectivity index (χ0n) is 13.6. The number of hydrogen-bond donors (Lipinski definition) is 2. The van der Waals surface area contributed by atoms with E-state index in [1.165, 1.54) is 38.5 Å². The van der Waals surface area contributed by atoms with Gasteiger partial charge in [0.2, 0.25) is 11.8 Å². The molecule has 2 N–H and O–H groups in total. The van der Waals surface area contributed by atoms with E-state index in [0.717, 1.165) is 38.8 Å². The van der Waals surface area contributed by atoms with Crippen molar-refractivity contribution < 1.29 is 9.59 Å². The van der Waals surface area contributed by atoms with E-state index in [4.69, 9.17) is 0 Å². The summed E-state index contributed by atoms with van der Waals surface area (Å²) >= 11 is 0. The van der Waals surface area contributed by atoms with Gasteiger partial charge in [0, 0.05) is 24.9 Å². The first-order chi connectivity index (χ1) is 10.7. The van der Waals surface area contributed by atoms with Gasteiger partial charge in [0.25, 0.3) is 0 Å². The molecule has 124 valence electrons. The highest BCUT2D eigenvalue weighted by atomic mass is 16.2. The number of amides is 2. The van der Waals surface area contributed by atoms with Crippen LogP contribution in [0, 0.1) is 23.7 Å². The molecule has 0 aliphatic heterocycles. The summed E-state index contributed by atoms with van der Waals surface area (Å²) in [7, 11) is 0. The number of hydrogen-bond acceptors (Lipinski definition) is 2. The molecular formula is C18H30N2O2. The zero-order valence-corrected chi connectivity index (χ0v) is 13.6. The highest BCUT2D eigenvalue weighted by Gasteiger charge is 2.28. The third-order valence-corrected chi connectivity index (χ3v) is 6.05. The van der Waals surface area contributed by atoms with E-state index in [-0.39, 0.29) is 11.8 Å². The van der Waals surface area contributed by atoms with Gasteiger partial charge in [-0.1, -0.05) is 12.8 Å². The maximum atomic E-state index is 11.8. The van der Waals surface area contributed by atoms with E-state index in [0.29, 0.717) is 23.7 Å². The van der Waals surface area contributed by atoms with E-state index >= 15 is 0 Å². The Bertz CT molecular complexity index is 356. The fraction of sp³-hybridized carbons (Fsp3) is 0.889. The van der Waals surface area contributed by atoms with Gasteiger partial charge >= 0.3 is 0 Å². The third-order valence-electron chi connectivity index (χ3n) is 6.05. The van der Waals surface area contributed by atoms with E-state index in [9.17, 15) is 9.59 Å². The summed E-state index contributed by atoms with van der Waals surface area (Å²) in [6.45, 7) is 1.72. The summed E-state index contributed by atoms with van der Waals surface area (Å²) in [5.74, 6) is 2.45. The van der Waals surface area contributed by atoms with Crippen molar-refractivity contribution in [3.63, 3.8) is 0 Å². The Kier molecular flexibility index (Phi) is 5.37. The van der Waals surface area contributed by atoms with Crippen molar-refractivity contribution in [1.82, 2.24) is 10.6 Å². The summed E-state index contributed by atoms with van der Waals surface area (Å²) in [5, 5.41) is 6.28. The molecule has 3 aliphatic carbocycles. The first-order valence-electron chi connectivity index (χ1n) is 9.28. The normalized spacial score (nSPS) is 29.3. The fourth-order valence-corrected chi connectivity index (χ4v) is 3.76.